The fourth-order valence-corrected chi connectivity index (χ4v) is 5.47. The third-order valence-corrected chi connectivity index (χ3v) is 7.98. The van der Waals surface area contributed by atoms with Gasteiger partial charge in [0.2, 0.25) is 0 Å². The summed E-state index contributed by atoms with van der Waals surface area (Å²) in [5.74, 6) is -0.391. The van der Waals surface area contributed by atoms with Gasteiger partial charge >= 0.3 is 0 Å². The van der Waals surface area contributed by atoms with Crippen LogP contribution in [-0.2, 0) is 0 Å². The minimum absolute atomic E-state index is 0.0995. The number of carbonyl (C=O) groups is 2. The number of carbonyl (C=O) groups excluding carboxylic acids is 2. The lowest BCUT2D eigenvalue weighted by molar-refractivity contribution is 0.0816. The maximum absolute atomic E-state index is 13.1. The summed E-state index contributed by atoms with van der Waals surface area (Å²) in [4.78, 5) is 35.4. The second kappa shape index (κ2) is 12.1. The monoisotopic (exact) mass is 471 g/mol. The molecule has 2 aliphatic rings. The van der Waals surface area contributed by atoms with E-state index in [9.17, 15) is 9.59 Å². The van der Waals surface area contributed by atoms with Gasteiger partial charge in [-0.25, -0.2) is 4.98 Å². The Bertz CT molecular complexity index is 764. The number of likely N-dealkylation sites (N-methyl/N-ethyl adjacent to an activating group) is 2. The molecule has 0 saturated heterocycles. The van der Waals surface area contributed by atoms with Crippen molar-refractivity contribution in [3.8, 4) is 0 Å². The zero-order valence-electron chi connectivity index (χ0n) is 22.0. The fourth-order valence-electron chi connectivity index (χ4n) is 5.47. The van der Waals surface area contributed by atoms with E-state index in [1.165, 1.54) is 12.8 Å². The molecule has 2 fully saturated rings. The number of aromatic nitrogens is 1. The molecule has 1 aromatic rings. The molecule has 190 valence electrons. The lowest BCUT2D eigenvalue weighted by atomic mass is 9.88. The Labute approximate surface area is 206 Å². The lowest BCUT2D eigenvalue weighted by Crippen LogP contribution is -2.54. The van der Waals surface area contributed by atoms with E-state index in [1.54, 1.807) is 18.2 Å². The van der Waals surface area contributed by atoms with Crippen molar-refractivity contribution in [2.24, 2.45) is 0 Å². The van der Waals surface area contributed by atoms with E-state index in [0.29, 0.717) is 35.6 Å². The molecule has 0 aromatic carbocycles. The van der Waals surface area contributed by atoms with E-state index >= 15 is 0 Å². The van der Waals surface area contributed by atoms with Crippen LogP contribution >= 0.6 is 0 Å². The van der Waals surface area contributed by atoms with Crippen LogP contribution in [0.5, 0.6) is 0 Å². The summed E-state index contributed by atoms with van der Waals surface area (Å²) in [6.07, 6.45) is 8.74. The number of rotatable bonds is 8. The molecule has 1 heterocycles. The molecule has 2 aliphatic carbocycles. The first kappa shape index (κ1) is 26.6. The zero-order valence-corrected chi connectivity index (χ0v) is 22.0. The molecule has 7 nitrogen and oxygen atoms in total. The van der Waals surface area contributed by atoms with Crippen LogP contribution in [0.1, 0.15) is 100 Å². The van der Waals surface area contributed by atoms with Crippen LogP contribution in [0.3, 0.4) is 0 Å². The lowest BCUT2D eigenvalue weighted by Gasteiger charge is -2.40. The number of pyridine rings is 1. The highest BCUT2D eigenvalue weighted by molar-refractivity contribution is 5.96. The molecule has 0 spiro atoms. The number of hydrogen-bond acceptors (Lipinski definition) is 5. The maximum Gasteiger partial charge on any atom is 0.270 e. The minimum Gasteiger partial charge on any atom is -0.346 e. The van der Waals surface area contributed by atoms with Crippen LogP contribution in [0.4, 0.5) is 0 Å². The van der Waals surface area contributed by atoms with Crippen LogP contribution in [0, 0.1) is 0 Å². The van der Waals surface area contributed by atoms with E-state index in [-0.39, 0.29) is 23.9 Å². The summed E-state index contributed by atoms with van der Waals surface area (Å²) < 4.78 is 0. The molecular weight excluding hydrogens is 426 g/mol. The predicted molar refractivity (Wildman–Crippen MR) is 137 cm³/mol. The van der Waals surface area contributed by atoms with Gasteiger partial charge in [-0.05, 0) is 79.6 Å². The predicted octanol–water partition coefficient (Wildman–Crippen LogP) is 3.84. The van der Waals surface area contributed by atoms with Gasteiger partial charge < -0.3 is 10.6 Å². The van der Waals surface area contributed by atoms with E-state index in [4.69, 9.17) is 0 Å². The quantitative estimate of drug-likeness (QED) is 0.602. The standard InChI is InChI=1S/C27H45N5O2/c1-18(2)31(5)24-16-9-7-12-20(24)29-26(33)22-14-11-15-23(28-22)27(34)30-21-13-8-10-17-25(21)32(6)19(3)4/h11,14-15,18-21,24-25H,7-10,12-13,16-17H2,1-6H3,(H,29,33)(H,30,34)/t20-,21-,24-,25-/m1/s1. The first-order chi connectivity index (χ1) is 16.2. The molecule has 34 heavy (non-hydrogen) atoms. The molecule has 7 heteroatoms. The Balaban J connectivity index is 1.67. The van der Waals surface area contributed by atoms with Gasteiger partial charge in [-0.15, -0.1) is 0 Å². The number of amides is 2. The highest BCUT2D eigenvalue weighted by atomic mass is 16.2. The topological polar surface area (TPSA) is 77.6 Å². The van der Waals surface area contributed by atoms with Crippen molar-refractivity contribution < 1.29 is 9.59 Å². The second-order valence-corrected chi connectivity index (χ2v) is 10.8. The summed E-state index contributed by atoms with van der Waals surface area (Å²) in [5.41, 5.74) is 0.618. The molecule has 3 rings (SSSR count). The number of nitrogens with zero attached hydrogens (tertiary/aromatic N) is 3. The van der Waals surface area contributed by atoms with E-state index in [0.717, 1.165) is 38.5 Å². The first-order valence-corrected chi connectivity index (χ1v) is 13.2. The molecular formula is C27H45N5O2. The Hall–Kier alpha value is -1.99. The molecule has 0 bridgehead atoms. The van der Waals surface area contributed by atoms with Gasteiger partial charge in [-0.3, -0.25) is 19.4 Å². The molecule has 2 amide bonds. The van der Waals surface area contributed by atoms with Crippen LogP contribution in [0.15, 0.2) is 18.2 Å². The van der Waals surface area contributed by atoms with Gasteiger partial charge in [-0.2, -0.15) is 0 Å². The van der Waals surface area contributed by atoms with Crippen molar-refractivity contribution in [2.75, 3.05) is 14.1 Å². The Morgan fingerprint density at radius 3 is 1.53 bits per heavy atom. The highest BCUT2D eigenvalue weighted by Gasteiger charge is 2.32. The summed E-state index contributed by atoms with van der Waals surface area (Å²) in [7, 11) is 4.27. The maximum atomic E-state index is 13.1. The number of hydrogen-bond donors (Lipinski definition) is 2. The summed E-state index contributed by atoms with van der Waals surface area (Å²) >= 11 is 0. The van der Waals surface area contributed by atoms with Crippen molar-refractivity contribution in [1.82, 2.24) is 25.4 Å². The molecule has 0 unspecified atom stereocenters. The molecule has 2 N–H and O–H groups in total. The molecule has 0 aliphatic heterocycles. The van der Waals surface area contributed by atoms with Crippen LogP contribution in [-0.4, -0.2) is 76.9 Å². The second-order valence-electron chi connectivity index (χ2n) is 10.8. The number of nitrogens with one attached hydrogen (secondary N) is 2. The first-order valence-electron chi connectivity index (χ1n) is 13.2. The largest absolute Gasteiger partial charge is 0.346 e. The SMILES string of the molecule is CC(C)N(C)[C@@H]1CCCC[C@H]1NC(=O)c1cccc(C(=O)N[C@@H]2CCCC[C@H]2N(C)C(C)C)n1. The van der Waals surface area contributed by atoms with Gasteiger partial charge in [0.15, 0.2) is 0 Å². The van der Waals surface area contributed by atoms with Crippen molar-refractivity contribution in [2.45, 2.75) is 115 Å². The molecule has 0 radical (unpaired) electrons. The van der Waals surface area contributed by atoms with Gasteiger partial charge in [0.25, 0.3) is 11.8 Å². The third kappa shape index (κ3) is 6.57. The zero-order chi connectivity index (χ0) is 24.8. The Morgan fingerprint density at radius 1 is 0.765 bits per heavy atom. The Morgan fingerprint density at radius 2 is 1.15 bits per heavy atom. The highest BCUT2D eigenvalue weighted by Crippen LogP contribution is 2.25. The summed E-state index contributed by atoms with van der Waals surface area (Å²) in [6.45, 7) is 8.75. The third-order valence-electron chi connectivity index (χ3n) is 7.98. The fraction of sp³-hybridized carbons (Fsp3) is 0.741. The average molecular weight is 472 g/mol. The minimum atomic E-state index is -0.196. The molecule has 1 aromatic heterocycles. The smallest absolute Gasteiger partial charge is 0.270 e. The Kier molecular flexibility index (Phi) is 9.48. The van der Waals surface area contributed by atoms with Crippen molar-refractivity contribution in [3.05, 3.63) is 29.6 Å². The summed E-state index contributed by atoms with van der Waals surface area (Å²) in [5, 5.41) is 6.44. The summed E-state index contributed by atoms with van der Waals surface area (Å²) in [6, 6.07) is 6.85. The van der Waals surface area contributed by atoms with Crippen molar-refractivity contribution >= 4 is 11.8 Å². The van der Waals surface area contributed by atoms with Crippen LogP contribution < -0.4 is 10.6 Å². The van der Waals surface area contributed by atoms with Crippen molar-refractivity contribution in [1.29, 1.82) is 0 Å². The normalized spacial score (nSPS) is 25.7. The molecule has 4 atom stereocenters. The van der Waals surface area contributed by atoms with E-state index in [2.05, 4.69) is 67.2 Å². The van der Waals surface area contributed by atoms with E-state index < -0.39 is 0 Å². The van der Waals surface area contributed by atoms with E-state index in [1.807, 2.05) is 0 Å². The van der Waals surface area contributed by atoms with Crippen LogP contribution in [0.2, 0.25) is 0 Å². The van der Waals surface area contributed by atoms with Gasteiger partial charge in [0.1, 0.15) is 11.4 Å². The van der Waals surface area contributed by atoms with Gasteiger partial charge in [-0.1, -0.05) is 31.7 Å². The average Bonchev–Trinajstić information content (AvgIpc) is 2.83. The van der Waals surface area contributed by atoms with Crippen LogP contribution in [0.25, 0.3) is 0 Å². The van der Waals surface area contributed by atoms with Crippen molar-refractivity contribution in [3.63, 3.8) is 0 Å². The molecule has 2 saturated carbocycles. The van der Waals surface area contributed by atoms with Gasteiger partial charge in [0.05, 0.1) is 0 Å². The van der Waals surface area contributed by atoms with Gasteiger partial charge in [0, 0.05) is 36.3 Å².